The van der Waals surface area contributed by atoms with Gasteiger partial charge in [0.15, 0.2) is 7.14 Å². The van der Waals surface area contributed by atoms with Crippen molar-refractivity contribution in [3.05, 3.63) is 146 Å². The Hall–Kier alpha value is -4.91. The molecule has 0 radical (unpaired) electrons. The SMILES string of the molecule is O=P1(c2ccccc2)c2ccccc2-c2ccc3c4ccccc4n(-c4cccc5c4ccc4ccccc45)c3c21. The van der Waals surface area contributed by atoms with Gasteiger partial charge in [0, 0.05) is 26.8 Å². The second-order valence-corrected chi connectivity index (χ2v) is 13.5. The number of benzene rings is 7. The van der Waals surface area contributed by atoms with Crippen LogP contribution in [0.5, 0.6) is 0 Å². The van der Waals surface area contributed by atoms with Gasteiger partial charge >= 0.3 is 0 Å². The van der Waals surface area contributed by atoms with Crippen LogP contribution in [0.3, 0.4) is 0 Å². The van der Waals surface area contributed by atoms with Gasteiger partial charge in [-0.3, -0.25) is 0 Å². The second-order valence-electron chi connectivity index (χ2n) is 10.8. The summed E-state index contributed by atoms with van der Waals surface area (Å²) in [6.45, 7) is 0. The van der Waals surface area contributed by atoms with Gasteiger partial charge in [0.1, 0.15) is 0 Å². The van der Waals surface area contributed by atoms with Crippen molar-refractivity contribution >= 4 is 66.4 Å². The zero-order chi connectivity index (χ0) is 27.1. The molecular weight excluding hydrogens is 517 g/mol. The summed E-state index contributed by atoms with van der Waals surface area (Å²) < 4.78 is 18.1. The molecule has 0 amide bonds. The van der Waals surface area contributed by atoms with Crippen LogP contribution in [-0.4, -0.2) is 4.57 Å². The van der Waals surface area contributed by atoms with E-state index in [1.807, 2.05) is 36.4 Å². The molecule has 0 bridgehead atoms. The summed E-state index contributed by atoms with van der Waals surface area (Å²) in [7, 11) is -3.17. The van der Waals surface area contributed by atoms with Gasteiger partial charge in [-0.1, -0.05) is 133 Å². The molecule has 8 aromatic rings. The topological polar surface area (TPSA) is 22.0 Å². The van der Waals surface area contributed by atoms with E-state index in [-0.39, 0.29) is 0 Å². The van der Waals surface area contributed by atoms with Crippen LogP contribution < -0.4 is 15.9 Å². The quantitative estimate of drug-likeness (QED) is 0.158. The maximum absolute atomic E-state index is 15.8. The van der Waals surface area contributed by atoms with Crippen LogP contribution in [0.1, 0.15) is 0 Å². The van der Waals surface area contributed by atoms with Gasteiger partial charge in [0.25, 0.3) is 0 Å². The van der Waals surface area contributed by atoms with Crippen molar-refractivity contribution in [1.82, 2.24) is 4.57 Å². The van der Waals surface area contributed by atoms with Crippen molar-refractivity contribution in [2.45, 2.75) is 0 Å². The average molecular weight is 542 g/mol. The molecule has 41 heavy (non-hydrogen) atoms. The van der Waals surface area contributed by atoms with Crippen LogP contribution in [0, 0.1) is 0 Å². The van der Waals surface area contributed by atoms with Gasteiger partial charge in [0.2, 0.25) is 0 Å². The van der Waals surface area contributed by atoms with E-state index in [9.17, 15) is 0 Å². The molecule has 2 heterocycles. The zero-order valence-electron chi connectivity index (χ0n) is 22.2. The molecule has 0 saturated carbocycles. The molecule has 1 aliphatic heterocycles. The Labute approximate surface area is 237 Å². The van der Waals surface area contributed by atoms with Gasteiger partial charge in [-0.25, -0.2) is 0 Å². The lowest BCUT2D eigenvalue weighted by atomic mass is 10.0. The van der Waals surface area contributed by atoms with Gasteiger partial charge in [-0.05, 0) is 39.4 Å². The maximum atomic E-state index is 15.8. The highest BCUT2D eigenvalue weighted by Crippen LogP contribution is 2.55. The van der Waals surface area contributed by atoms with Gasteiger partial charge in [-0.15, -0.1) is 0 Å². The van der Waals surface area contributed by atoms with E-state index in [1.165, 1.54) is 26.9 Å². The maximum Gasteiger partial charge on any atom is 0.174 e. The fourth-order valence-corrected chi connectivity index (χ4v) is 10.3. The van der Waals surface area contributed by atoms with E-state index in [0.717, 1.165) is 49.1 Å². The number of fused-ring (bicyclic) bond motifs is 10. The first-order chi connectivity index (χ1) is 20.2. The van der Waals surface area contributed by atoms with Crippen molar-refractivity contribution in [3.8, 4) is 16.8 Å². The zero-order valence-corrected chi connectivity index (χ0v) is 23.1. The minimum absolute atomic E-state index is 0.874. The Balaban J connectivity index is 1.50. The summed E-state index contributed by atoms with van der Waals surface area (Å²) >= 11 is 0. The normalized spacial score (nSPS) is 16.0. The third-order valence-corrected chi connectivity index (χ3v) is 12.0. The first-order valence-electron chi connectivity index (χ1n) is 14.0. The lowest BCUT2D eigenvalue weighted by molar-refractivity contribution is 0.593. The Morgan fingerprint density at radius 2 is 1.17 bits per heavy atom. The Kier molecular flexibility index (Phi) is 4.63. The highest BCUT2D eigenvalue weighted by Gasteiger charge is 2.42. The fourth-order valence-electron chi connectivity index (χ4n) is 7.05. The highest BCUT2D eigenvalue weighted by molar-refractivity contribution is 7.86. The predicted molar refractivity (Wildman–Crippen MR) is 174 cm³/mol. The standard InChI is InChI=1S/C38H24NOP/c40-41(26-12-2-1-3-13-26)36-20-9-7-16-31(36)33-24-23-32-29-15-6-8-18-34(29)39(37(32)38(33)41)35-19-10-17-28-27-14-5-4-11-25(27)21-22-30(28)35/h1-24H. The number of hydrogen-bond donors (Lipinski definition) is 0. The van der Waals surface area contributed by atoms with Crippen LogP contribution in [-0.2, 0) is 4.57 Å². The molecule has 9 rings (SSSR count). The van der Waals surface area contributed by atoms with Gasteiger partial charge in [0.05, 0.1) is 22.0 Å². The molecule has 0 aliphatic carbocycles. The van der Waals surface area contributed by atoms with Crippen LogP contribution in [0.25, 0.3) is 60.2 Å². The van der Waals surface area contributed by atoms with E-state index in [4.69, 9.17) is 0 Å². The van der Waals surface area contributed by atoms with E-state index in [0.29, 0.717) is 0 Å². The molecule has 1 aliphatic rings. The minimum atomic E-state index is -3.17. The Morgan fingerprint density at radius 3 is 2.07 bits per heavy atom. The molecular formula is C38H24NOP. The molecule has 1 aromatic heterocycles. The number of hydrogen-bond acceptors (Lipinski definition) is 1. The second kappa shape index (κ2) is 8.30. The molecule has 192 valence electrons. The third-order valence-electron chi connectivity index (χ3n) is 8.78. The summed E-state index contributed by atoms with van der Waals surface area (Å²) in [5.74, 6) is 0. The lowest BCUT2D eigenvalue weighted by Gasteiger charge is -2.19. The van der Waals surface area contributed by atoms with Crippen molar-refractivity contribution in [2.75, 3.05) is 0 Å². The first kappa shape index (κ1) is 22.9. The molecule has 3 heteroatoms. The smallest absolute Gasteiger partial charge is 0.174 e. The number of rotatable bonds is 2. The Morgan fingerprint density at radius 1 is 0.463 bits per heavy atom. The summed E-state index contributed by atoms with van der Waals surface area (Å²) in [6.07, 6.45) is 0. The van der Waals surface area contributed by atoms with Crippen LogP contribution in [0.4, 0.5) is 0 Å². The van der Waals surface area contributed by atoms with Crippen LogP contribution in [0.15, 0.2) is 146 Å². The van der Waals surface area contributed by atoms with Gasteiger partial charge < -0.3 is 9.13 Å². The summed E-state index contributed by atoms with van der Waals surface area (Å²) in [5.41, 5.74) is 5.38. The molecule has 7 aromatic carbocycles. The third kappa shape index (κ3) is 2.95. The van der Waals surface area contributed by atoms with E-state index in [1.54, 1.807) is 0 Å². The number of aromatic nitrogens is 1. The van der Waals surface area contributed by atoms with Crippen LogP contribution >= 0.6 is 7.14 Å². The van der Waals surface area contributed by atoms with E-state index in [2.05, 4.69) is 114 Å². The van der Waals surface area contributed by atoms with Crippen LogP contribution in [0.2, 0.25) is 0 Å². The van der Waals surface area contributed by atoms with Gasteiger partial charge in [-0.2, -0.15) is 0 Å². The summed E-state index contributed by atoms with van der Waals surface area (Å²) in [6, 6.07) is 50.9. The predicted octanol–water partition coefficient (Wildman–Crippen LogP) is 8.71. The van der Waals surface area contributed by atoms with Crippen molar-refractivity contribution in [1.29, 1.82) is 0 Å². The minimum Gasteiger partial charge on any atom is -0.309 e. The molecule has 0 saturated heterocycles. The van der Waals surface area contributed by atoms with E-state index >= 15 is 4.57 Å². The molecule has 0 spiro atoms. The fraction of sp³-hybridized carbons (Fsp3) is 0. The molecule has 0 N–H and O–H groups in total. The molecule has 0 fully saturated rings. The highest BCUT2D eigenvalue weighted by atomic mass is 31.2. The van der Waals surface area contributed by atoms with Crippen molar-refractivity contribution in [3.63, 3.8) is 0 Å². The Bertz CT molecular complexity index is 2400. The number of nitrogens with zero attached hydrogens (tertiary/aromatic N) is 1. The largest absolute Gasteiger partial charge is 0.309 e. The molecule has 1 unspecified atom stereocenters. The first-order valence-corrected chi connectivity index (χ1v) is 15.7. The van der Waals surface area contributed by atoms with E-state index < -0.39 is 7.14 Å². The number of para-hydroxylation sites is 1. The molecule has 1 atom stereocenters. The lowest BCUT2D eigenvalue weighted by Crippen LogP contribution is -2.22. The summed E-state index contributed by atoms with van der Waals surface area (Å²) in [4.78, 5) is 0. The van der Waals surface area contributed by atoms with Crippen molar-refractivity contribution < 1.29 is 4.57 Å². The summed E-state index contributed by atoms with van der Waals surface area (Å²) in [5, 5.41) is 9.89. The van der Waals surface area contributed by atoms with Crippen molar-refractivity contribution in [2.24, 2.45) is 0 Å². The monoisotopic (exact) mass is 541 g/mol. The average Bonchev–Trinajstić information content (AvgIpc) is 3.51. The molecule has 2 nitrogen and oxygen atoms in total.